The molecule has 0 atom stereocenters. The van der Waals surface area contributed by atoms with Gasteiger partial charge in [-0.25, -0.2) is 8.42 Å². The van der Waals surface area contributed by atoms with Crippen molar-refractivity contribution in [2.45, 2.75) is 11.1 Å². The topological polar surface area (TPSA) is 75.7 Å². The third-order valence-electron chi connectivity index (χ3n) is 3.50. The van der Waals surface area contributed by atoms with Crippen LogP contribution in [0.1, 0.15) is 0 Å². The Hall–Kier alpha value is -2.01. The van der Waals surface area contributed by atoms with Crippen molar-refractivity contribution >= 4 is 44.8 Å². The number of sulfonamides is 1. The molecular formula is C17H15Cl2F3N2O4S. The maximum Gasteiger partial charge on any atom is 0.422 e. The highest BCUT2D eigenvalue weighted by Gasteiger charge is 2.29. The molecule has 0 radical (unpaired) electrons. The maximum atomic E-state index is 12.5. The number of carbonyl (C=O) groups excluding carboxylic acids is 1. The first-order valence-corrected chi connectivity index (χ1v) is 10.1. The molecule has 2 aromatic carbocycles. The van der Waals surface area contributed by atoms with Crippen LogP contribution in [0, 0.1) is 0 Å². The summed E-state index contributed by atoms with van der Waals surface area (Å²) in [6.07, 6.45) is -4.58. The fourth-order valence-corrected chi connectivity index (χ4v) is 3.57. The number of likely N-dealkylation sites (N-methyl/N-ethyl adjacent to an activating group) is 1. The molecule has 0 unspecified atom stereocenters. The predicted molar refractivity (Wildman–Crippen MR) is 103 cm³/mol. The van der Waals surface area contributed by atoms with Crippen LogP contribution in [0.4, 0.5) is 18.9 Å². The quantitative estimate of drug-likeness (QED) is 0.657. The van der Waals surface area contributed by atoms with E-state index >= 15 is 0 Å². The second-order valence-electron chi connectivity index (χ2n) is 5.81. The van der Waals surface area contributed by atoms with E-state index < -0.39 is 35.3 Å². The lowest BCUT2D eigenvalue weighted by Crippen LogP contribution is -2.35. The summed E-state index contributed by atoms with van der Waals surface area (Å²) >= 11 is 11.5. The smallest absolute Gasteiger partial charge is 0.422 e. The second-order valence-corrected chi connectivity index (χ2v) is 8.73. The Balaban J connectivity index is 2.12. The number of hydrogen-bond donors (Lipinski definition) is 1. The highest BCUT2D eigenvalue weighted by Crippen LogP contribution is 2.30. The summed E-state index contributed by atoms with van der Waals surface area (Å²) in [6.45, 7) is -2.17. The first-order chi connectivity index (χ1) is 13.4. The number of carbonyl (C=O) groups is 1. The predicted octanol–water partition coefficient (Wildman–Crippen LogP) is 4.19. The van der Waals surface area contributed by atoms with Crippen molar-refractivity contribution in [3.05, 3.63) is 52.5 Å². The van der Waals surface area contributed by atoms with Gasteiger partial charge in [-0.3, -0.25) is 4.79 Å². The normalized spacial score (nSPS) is 12.1. The van der Waals surface area contributed by atoms with E-state index in [-0.39, 0.29) is 21.4 Å². The first-order valence-electron chi connectivity index (χ1n) is 7.89. The summed E-state index contributed by atoms with van der Waals surface area (Å²) in [7, 11) is -2.80. The largest absolute Gasteiger partial charge is 0.482 e. The zero-order valence-electron chi connectivity index (χ0n) is 14.8. The molecule has 0 saturated carbocycles. The molecule has 2 aromatic rings. The number of anilines is 1. The van der Waals surface area contributed by atoms with Crippen molar-refractivity contribution in [3.8, 4) is 5.75 Å². The molecule has 0 aliphatic carbocycles. The van der Waals surface area contributed by atoms with Crippen LogP contribution in [-0.4, -0.2) is 45.0 Å². The third kappa shape index (κ3) is 6.77. The van der Waals surface area contributed by atoms with Gasteiger partial charge in [-0.2, -0.15) is 17.5 Å². The van der Waals surface area contributed by atoms with Crippen LogP contribution < -0.4 is 10.1 Å². The number of alkyl halides is 3. The number of ether oxygens (including phenoxy) is 1. The minimum absolute atomic E-state index is 0.0749. The van der Waals surface area contributed by atoms with Crippen LogP contribution in [0.2, 0.25) is 10.0 Å². The lowest BCUT2D eigenvalue weighted by Gasteiger charge is -2.18. The van der Waals surface area contributed by atoms with Crippen LogP contribution in [0.5, 0.6) is 5.75 Å². The van der Waals surface area contributed by atoms with Crippen LogP contribution in [-0.2, 0) is 14.8 Å². The summed E-state index contributed by atoms with van der Waals surface area (Å²) in [6, 6.07) is 8.99. The number of nitrogens with zero attached hydrogens (tertiary/aromatic N) is 1. The Morgan fingerprint density at radius 1 is 1.10 bits per heavy atom. The summed E-state index contributed by atoms with van der Waals surface area (Å²) in [5, 5.41) is 2.79. The molecule has 0 aliphatic heterocycles. The van der Waals surface area contributed by atoms with Crippen molar-refractivity contribution in [3.63, 3.8) is 0 Å². The summed E-state index contributed by atoms with van der Waals surface area (Å²) in [5.41, 5.74) is -0.121. The van der Waals surface area contributed by atoms with Gasteiger partial charge in [-0.05, 0) is 42.5 Å². The van der Waals surface area contributed by atoms with Crippen molar-refractivity contribution in [1.29, 1.82) is 0 Å². The SMILES string of the molecule is CN(CC(=O)Nc1cc(Cl)ccc1OCC(F)(F)F)S(=O)(=O)c1ccc(Cl)cc1. The Bertz CT molecular complexity index is 983. The molecule has 0 bridgehead atoms. The van der Waals surface area contributed by atoms with Crippen molar-refractivity contribution in [1.82, 2.24) is 4.31 Å². The summed E-state index contributed by atoms with van der Waals surface area (Å²) in [5.74, 6) is -1.06. The van der Waals surface area contributed by atoms with Crippen LogP contribution in [0.25, 0.3) is 0 Å². The highest BCUT2D eigenvalue weighted by atomic mass is 35.5. The molecule has 0 spiro atoms. The fraction of sp³-hybridized carbons (Fsp3) is 0.235. The number of hydrogen-bond acceptors (Lipinski definition) is 4. The number of halogens is 5. The molecule has 0 saturated heterocycles. The van der Waals surface area contributed by atoms with E-state index in [2.05, 4.69) is 10.1 Å². The number of rotatable bonds is 7. The highest BCUT2D eigenvalue weighted by molar-refractivity contribution is 7.89. The van der Waals surface area contributed by atoms with Gasteiger partial charge in [-0.1, -0.05) is 23.2 Å². The van der Waals surface area contributed by atoms with Gasteiger partial charge in [0, 0.05) is 17.1 Å². The minimum Gasteiger partial charge on any atom is -0.482 e. The van der Waals surface area contributed by atoms with E-state index in [0.29, 0.717) is 5.02 Å². The summed E-state index contributed by atoms with van der Waals surface area (Å²) < 4.78 is 67.6. The molecule has 158 valence electrons. The molecule has 12 heteroatoms. The fourth-order valence-electron chi connectivity index (χ4n) is 2.15. The van der Waals surface area contributed by atoms with Gasteiger partial charge in [0.15, 0.2) is 6.61 Å². The number of nitrogens with one attached hydrogen (secondary N) is 1. The zero-order chi connectivity index (χ0) is 21.8. The molecular weight excluding hydrogens is 456 g/mol. The van der Waals surface area contributed by atoms with Gasteiger partial charge in [0.2, 0.25) is 15.9 Å². The van der Waals surface area contributed by atoms with Gasteiger partial charge in [-0.15, -0.1) is 0 Å². The molecule has 0 aromatic heterocycles. The van der Waals surface area contributed by atoms with E-state index in [9.17, 15) is 26.4 Å². The van der Waals surface area contributed by atoms with Gasteiger partial charge in [0.05, 0.1) is 17.1 Å². The number of amides is 1. The van der Waals surface area contributed by atoms with Gasteiger partial charge >= 0.3 is 6.18 Å². The number of benzene rings is 2. The van der Waals surface area contributed by atoms with Gasteiger partial charge in [0.1, 0.15) is 5.75 Å². The van der Waals surface area contributed by atoms with Crippen LogP contribution >= 0.6 is 23.2 Å². The van der Waals surface area contributed by atoms with Crippen LogP contribution in [0.3, 0.4) is 0 Å². The van der Waals surface area contributed by atoms with E-state index in [4.69, 9.17) is 23.2 Å². The molecule has 0 heterocycles. The van der Waals surface area contributed by atoms with Crippen molar-refractivity contribution < 1.29 is 31.1 Å². The van der Waals surface area contributed by atoms with E-state index in [1.54, 1.807) is 0 Å². The van der Waals surface area contributed by atoms with E-state index in [0.717, 1.165) is 10.4 Å². The summed E-state index contributed by atoms with van der Waals surface area (Å²) in [4.78, 5) is 12.2. The monoisotopic (exact) mass is 470 g/mol. The molecule has 1 amide bonds. The average Bonchev–Trinajstić information content (AvgIpc) is 2.60. The van der Waals surface area contributed by atoms with E-state index in [1.807, 2.05) is 0 Å². The molecule has 6 nitrogen and oxygen atoms in total. The third-order valence-corrected chi connectivity index (χ3v) is 5.80. The van der Waals surface area contributed by atoms with Crippen LogP contribution in [0.15, 0.2) is 47.4 Å². The molecule has 2 rings (SSSR count). The zero-order valence-corrected chi connectivity index (χ0v) is 17.2. The second kappa shape index (κ2) is 9.21. The lowest BCUT2D eigenvalue weighted by atomic mass is 10.3. The Morgan fingerprint density at radius 2 is 1.69 bits per heavy atom. The van der Waals surface area contributed by atoms with Gasteiger partial charge < -0.3 is 10.1 Å². The van der Waals surface area contributed by atoms with E-state index in [1.165, 1.54) is 43.4 Å². The Morgan fingerprint density at radius 3 is 2.28 bits per heavy atom. The molecule has 0 fully saturated rings. The Kier molecular flexibility index (Phi) is 7.39. The lowest BCUT2D eigenvalue weighted by molar-refractivity contribution is -0.153. The van der Waals surface area contributed by atoms with Crippen molar-refractivity contribution in [2.75, 3.05) is 25.5 Å². The van der Waals surface area contributed by atoms with Gasteiger partial charge in [0.25, 0.3) is 0 Å². The maximum absolute atomic E-state index is 12.5. The minimum atomic E-state index is -4.58. The average molecular weight is 471 g/mol. The molecule has 1 N–H and O–H groups in total. The Labute approximate surface area is 175 Å². The first kappa shape index (κ1) is 23.3. The van der Waals surface area contributed by atoms with Crippen molar-refractivity contribution in [2.24, 2.45) is 0 Å². The molecule has 29 heavy (non-hydrogen) atoms. The molecule has 0 aliphatic rings. The standard InChI is InChI=1S/C17H15Cl2F3N2O4S/c1-24(29(26,27)13-5-2-11(18)3-6-13)9-16(25)23-14-8-12(19)4-7-15(14)28-10-17(20,21)22/h2-8H,9-10H2,1H3,(H,23,25).